The van der Waals surface area contributed by atoms with Crippen molar-refractivity contribution < 1.29 is 0 Å². The van der Waals surface area contributed by atoms with E-state index in [4.69, 9.17) is 0 Å². The molecule has 0 radical (unpaired) electrons. The summed E-state index contributed by atoms with van der Waals surface area (Å²) in [4.78, 5) is 9.16. The van der Waals surface area contributed by atoms with Crippen molar-refractivity contribution in [2.24, 2.45) is 0 Å². The Morgan fingerprint density at radius 3 is 2.62 bits per heavy atom. The molecular formula is C19H19N5. The van der Waals surface area contributed by atoms with Crippen LogP contribution in [0, 0.1) is 11.3 Å². The number of hydrogen-bond acceptors (Lipinski definition) is 4. The van der Waals surface area contributed by atoms with Gasteiger partial charge in [0, 0.05) is 56.9 Å². The fourth-order valence-corrected chi connectivity index (χ4v) is 3.34. The maximum atomic E-state index is 9.53. The van der Waals surface area contributed by atoms with Crippen LogP contribution in [0.1, 0.15) is 11.1 Å². The molecule has 0 amide bonds. The molecule has 4 heterocycles. The largest absolute Gasteiger partial charge is 0.354 e. The molecule has 3 aromatic rings. The summed E-state index contributed by atoms with van der Waals surface area (Å²) in [6.45, 7) is 4.71. The van der Waals surface area contributed by atoms with Crippen LogP contribution in [0.25, 0.3) is 5.52 Å². The van der Waals surface area contributed by atoms with Gasteiger partial charge in [-0.2, -0.15) is 5.26 Å². The third-order valence-corrected chi connectivity index (χ3v) is 4.61. The molecule has 3 aromatic heterocycles. The molecule has 1 saturated heterocycles. The van der Waals surface area contributed by atoms with E-state index in [1.807, 2.05) is 47.1 Å². The third kappa shape index (κ3) is 2.72. The number of hydrogen-bond donors (Lipinski definition) is 0. The van der Waals surface area contributed by atoms with Gasteiger partial charge < -0.3 is 9.30 Å². The predicted octanol–water partition coefficient (Wildman–Crippen LogP) is 2.53. The molecule has 5 nitrogen and oxygen atoms in total. The van der Waals surface area contributed by atoms with Crippen LogP contribution in [0.3, 0.4) is 0 Å². The van der Waals surface area contributed by atoms with Crippen LogP contribution in [0.5, 0.6) is 0 Å². The molecule has 1 aliphatic heterocycles. The highest BCUT2D eigenvalue weighted by Crippen LogP contribution is 2.21. The lowest BCUT2D eigenvalue weighted by atomic mass is 10.1. The molecular weight excluding hydrogens is 298 g/mol. The Bertz CT molecular complexity index is 870. The second-order valence-corrected chi connectivity index (χ2v) is 6.09. The van der Waals surface area contributed by atoms with Gasteiger partial charge in [-0.05, 0) is 24.3 Å². The molecule has 0 saturated carbocycles. The van der Waals surface area contributed by atoms with Gasteiger partial charge in [0.1, 0.15) is 11.9 Å². The minimum atomic E-state index is 0.794. The molecule has 0 aliphatic carbocycles. The van der Waals surface area contributed by atoms with Crippen molar-refractivity contribution in [3.63, 3.8) is 0 Å². The lowest BCUT2D eigenvalue weighted by Crippen LogP contribution is -2.46. The standard InChI is InChI=1S/C19H19N5/c20-13-17-16(15-24-8-4-2-5-18(17)24)14-22-9-11-23(12-10-22)19-6-1-3-7-21-19/h1-8,15H,9-12,14H2. The first kappa shape index (κ1) is 14.7. The van der Waals surface area contributed by atoms with E-state index in [0.717, 1.165) is 55.2 Å². The van der Waals surface area contributed by atoms with Crippen LogP contribution >= 0.6 is 0 Å². The molecule has 4 rings (SSSR count). The van der Waals surface area contributed by atoms with Crippen LogP contribution in [0.4, 0.5) is 5.82 Å². The number of anilines is 1. The number of nitriles is 1. The van der Waals surface area contributed by atoms with Crippen molar-refractivity contribution in [1.82, 2.24) is 14.3 Å². The Morgan fingerprint density at radius 1 is 1.04 bits per heavy atom. The molecule has 0 aromatic carbocycles. The Kier molecular flexibility index (Phi) is 3.89. The quantitative estimate of drug-likeness (QED) is 0.745. The van der Waals surface area contributed by atoms with Crippen molar-refractivity contribution in [1.29, 1.82) is 5.26 Å². The summed E-state index contributed by atoms with van der Waals surface area (Å²) in [7, 11) is 0. The number of aromatic nitrogens is 2. The fraction of sp³-hybridized carbons (Fsp3) is 0.263. The molecule has 0 bridgehead atoms. The summed E-state index contributed by atoms with van der Waals surface area (Å²) in [5.74, 6) is 1.05. The first-order valence-electron chi connectivity index (χ1n) is 8.22. The van der Waals surface area contributed by atoms with E-state index >= 15 is 0 Å². The maximum absolute atomic E-state index is 9.53. The average Bonchev–Trinajstić information content (AvgIpc) is 3.00. The van der Waals surface area contributed by atoms with E-state index in [9.17, 15) is 5.26 Å². The molecule has 24 heavy (non-hydrogen) atoms. The lowest BCUT2D eigenvalue weighted by Gasteiger charge is -2.35. The van der Waals surface area contributed by atoms with Crippen molar-refractivity contribution in [2.75, 3.05) is 31.1 Å². The molecule has 0 spiro atoms. The number of fused-ring (bicyclic) bond motifs is 1. The minimum Gasteiger partial charge on any atom is -0.354 e. The molecule has 1 fully saturated rings. The Hall–Kier alpha value is -2.84. The summed E-state index contributed by atoms with van der Waals surface area (Å²) < 4.78 is 2.04. The van der Waals surface area contributed by atoms with Crippen molar-refractivity contribution in [3.05, 3.63) is 66.1 Å². The van der Waals surface area contributed by atoms with Gasteiger partial charge in [0.25, 0.3) is 0 Å². The van der Waals surface area contributed by atoms with Crippen molar-refractivity contribution in [2.45, 2.75) is 6.54 Å². The summed E-state index contributed by atoms with van der Waals surface area (Å²) in [5, 5.41) is 9.53. The molecule has 0 N–H and O–H groups in total. The van der Waals surface area contributed by atoms with E-state index in [1.54, 1.807) is 0 Å². The van der Waals surface area contributed by atoms with E-state index in [-0.39, 0.29) is 0 Å². The minimum absolute atomic E-state index is 0.794. The normalized spacial score (nSPS) is 15.5. The summed E-state index contributed by atoms with van der Waals surface area (Å²) in [5.41, 5.74) is 2.89. The zero-order valence-electron chi connectivity index (χ0n) is 13.5. The number of pyridine rings is 2. The number of piperazine rings is 1. The summed E-state index contributed by atoms with van der Waals surface area (Å²) >= 11 is 0. The SMILES string of the molecule is N#Cc1c(CN2CCN(c3ccccn3)CC2)cn2ccccc12. The summed E-state index contributed by atoms with van der Waals surface area (Å²) in [6.07, 6.45) is 5.92. The Morgan fingerprint density at radius 2 is 1.88 bits per heavy atom. The third-order valence-electron chi connectivity index (χ3n) is 4.61. The van der Waals surface area contributed by atoms with Crippen LogP contribution in [0.2, 0.25) is 0 Å². The first-order chi connectivity index (χ1) is 11.8. The van der Waals surface area contributed by atoms with Crippen LogP contribution < -0.4 is 4.90 Å². The smallest absolute Gasteiger partial charge is 0.128 e. The van der Waals surface area contributed by atoms with E-state index in [1.165, 1.54) is 0 Å². The Balaban J connectivity index is 1.47. The van der Waals surface area contributed by atoms with Gasteiger partial charge in [-0.1, -0.05) is 12.1 Å². The van der Waals surface area contributed by atoms with E-state index in [0.29, 0.717) is 0 Å². The van der Waals surface area contributed by atoms with Gasteiger partial charge in [-0.3, -0.25) is 4.90 Å². The zero-order valence-corrected chi connectivity index (χ0v) is 13.5. The Labute approximate surface area is 141 Å². The van der Waals surface area contributed by atoms with Gasteiger partial charge in [0.05, 0.1) is 11.1 Å². The molecule has 5 heteroatoms. The second kappa shape index (κ2) is 6.34. The van der Waals surface area contributed by atoms with Crippen LogP contribution in [-0.4, -0.2) is 40.5 Å². The van der Waals surface area contributed by atoms with Crippen molar-refractivity contribution in [3.8, 4) is 6.07 Å². The highest BCUT2D eigenvalue weighted by Gasteiger charge is 2.20. The highest BCUT2D eigenvalue weighted by atomic mass is 15.3. The van der Waals surface area contributed by atoms with Gasteiger partial charge in [-0.15, -0.1) is 0 Å². The van der Waals surface area contributed by atoms with Gasteiger partial charge in [0.15, 0.2) is 0 Å². The van der Waals surface area contributed by atoms with Crippen LogP contribution in [0.15, 0.2) is 55.0 Å². The van der Waals surface area contributed by atoms with Gasteiger partial charge >= 0.3 is 0 Å². The first-order valence-corrected chi connectivity index (χ1v) is 8.22. The second-order valence-electron chi connectivity index (χ2n) is 6.09. The highest BCUT2D eigenvalue weighted by molar-refractivity contribution is 5.65. The zero-order chi connectivity index (χ0) is 16.4. The van der Waals surface area contributed by atoms with Crippen molar-refractivity contribution >= 4 is 11.3 Å². The number of rotatable bonds is 3. The fourth-order valence-electron chi connectivity index (χ4n) is 3.34. The molecule has 0 unspecified atom stereocenters. The molecule has 0 atom stereocenters. The van der Waals surface area contributed by atoms with Crippen LogP contribution in [-0.2, 0) is 6.54 Å². The average molecular weight is 317 g/mol. The predicted molar refractivity (Wildman–Crippen MR) is 93.8 cm³/mol. The maximum Gasteiger partial charge on any atom is 0.128 e. The van der Waals surface area contributed by atoms with E-state index < -0.39 is 0 Å². The molecule has 1 aliphatic rings. The molecule has 120 valence electrons. The van der Waals surface area contributed by atoms with Gasteiger partial charge in [-0.25, -0.2) is 4.98 Å². The van der Waals surface area contributed by atoms with Gasteiger partial charge in [0.2, 0.25) is 0 Å². The number of nitrogens with zero attached hydrogens (tertiary/aromatic N) is 5. The summed E-state index contributed by atoms with van der Waals surface area (Å²) in [6, 6.07) is 14.4. The monoisotopic (exact) mass is 317 g/mol. The van der Waals surface area contributed by atoms with E-state index in [2.05, 4.69) is 33.1 Å². The topological polar surface area (TPSA) is 47.6 Å². The lowest BCUT2D eigenvalue weighted by molar-refractivity contribution is 0.249.